The second kappa shape index (κ2) is 52.0. The fourth-order valence-corrected chi connectivity index (χ4v) is 31.4. The van der Waals surface area contributed by atoms with E-state index in [9.17, 15) is 0 Å². The summed E-state index contributed by atoms with van der Waals surface area (Å²) in [4.78, 5) is 0. The first-order valence-corrected chi connectivity index (χ1v) is 44.9. The Morgan fingerprint density at radius 2 is 0.486 bits per heavy atom. The van der Waals surface area contributed by atoms with Gasteiger partial charge in [-0.3, -0.25) is 9.15 Å². The molecule has 422 valence electrons. The van der Waals surface area contributed by atoms with Crippen LogP contribution < -0.4 is 0 Å². The summed E-state index contributed by atoms with van der Waals surface area (Å²) >= 11 is 0. The number of hydrogen-bond acceptors (Lipinski definition) is 5. The smallest absolute Gasteiger partial charge is 0.361 e. The zero-order valence-corrected chi connectivity index (χ0v) is 55.4. The highest BCUT2D eigenvalue weighted by Crippen LogP contribution is 2.34. The molecule has 0 aromatic rings. The summed E-state index contributed by atoms with van der Waals surface area (Å²) < 4.78 is 36.6. The van der Waals surface area contributed by atoms with Gasteiger partial charge in [0, 0.05) is 0 Å². The lowest BCUT2D eigenvalue weighted by Gasteiger charge is -2.42. The van der Waals surface area contributed by atoms with Crippen LogP contribution in [-0.4, -0.2) is 43.8 Å². The van der Waals surface area contributed by atoms with Crippen molar-refractivity contribution in [2.75, 3.05) is 0 Å². The zero-order chi connectivity index (χ0) is 51.5. The lowest BCUT2D eigenvalue weighted by Crippen LogP contribution is -2.59. The maximum absolute atomic E-state index is 7.84. The van der Waals surface area contributed by atoms with Crippen molar-refractivity contribution >= 4 is 43.8 Å². The lowest BCUT2D eigenvalue weighted by molar-refractivity contribution is -0.135. The number of rotatable bonds is 59. The van der Waals surface area contributed by atoms with Crippen molar-refractivity contribution in [3.63, 3.8) is 0 Å². The zero-order valence-electron chi connectivity index (χ0n) is 50.1. The van der Waals surface area contributed by atoms with E-state index in [1.54, 1.807) is 0 Å². The normalized spacial score (nSPS) is 15.5. The summed E-state index contributed by atoms with van der Waals surface area (Å²) in [5, 5.41) is 0. The molecular formula is C60H132O5Si5. The van der Waals surface area contributed by atoms with E-state index in [-0.39, 0.29) is 0 Å². The molecule has 0 radical (unpaired) electrons. The van der Waals surface area contributed by atoms with Crippen molar-refractivity contribution in [1.29, 1.82) is 0 Å². The molecule has 0 N–H and O–H groups in total. The quantitative estimate of drug-likeness (QED) is 0.0263. The first kappa shape index (κ1) is 70.9. The van der Waals surface area contributed by atoms with Gasteiger partial charge in [0.05, 0.1) is 0 Å². The second-order valence-corrected chi connectivity index (χ2v) is 39.1. The molecule has 0 aromatic carbocycles. The molecule has 70 heavy (non-hydrogen) atoms. The predicted molar refractivity (Wildman–Crippen MR) is 326 cm³/mol. The van der Waals surface area contributed by atoms with Crippen molar-refractivity contribution in [3.05, 3.63) is 0 Å². The van der Waals surface area contributed by atoms with Crippen LogP contribution in [0.2, 0.25) is 63.0 Å². The third kappa shape index (κ3) is 47.3. The fourth-order valence-electron chi connectivity index (χ4n) is 10.8. The molecule has 10 heteroatoms. The molecule has 0 fully saturated rings. The SMILES string of the molecule is CCCCCCCCCCC[SiH](C)OO[Si](C)(CCCCCCCCCCC)O[Si](C)(CCCCCCCCCCC)O[Si](C)(CCCCCCCCCCC)O[SiH](C)CCCCCCCCCCC. The van der Waals surface area contributed by atoms with Gasteiger partial charge in [0.2, 0.25) is 9.04 Å². The highest BCUT2D eigenvalue weighted by Gasteiger charge is 2.49. The third-order valence-corrected chi connectivity index (χ3v) is 33.1. The van der Waals surface area contributed by atoms with Crippen molar-refractivity contribution in [2.45, 2.75) is 387 Å². The maximum Gasteiger partial charge on any atom is 0.361 e. The Bertz CT molecular complexity index is 1050. The minimum Gasteiger partial charge on any atom is -0.439 e. The third-order valence-electron chi connectivity index (χ3n) is 15.3. The largest absolute Gasteiger partial charge is 0.439 e. The minimum atomic E-state index is -2.72. The lowest BCUT2D eigenvalue weighted by atomic mass is 10.1. The van der Waals surface area contributed by atoms with E-state index in [0.717, 1.165) is 18.1 Å². The van der Waals surface area contributed by atoms with Crippen molar-refractivity contribution in [1.82, 2.24) is 0 Å². The molecule has 0 saturated heterocycles. The Balaban J connectivity index is 6.21. The molecule has 0 aliphatic heterocycles. The summed E-state index contributed by atoms with van der Waals surface area (Å²) in [5.41, 5.74) is 0. The molecule has 5 nitrogen and oxygen atoms in total. The summed E-state index contributed by atoms with van der Waals surface area (Å²) in [6, 6.07) is 5.64. The maximum atomic E-state index is 7.84. The second-order valence-electron chi connectivity index (χ2n) is 23.5. The van der Waals surface area contributed by atoms with E-state index in [1.807, 2.05) is 0 Å². The Kier molecular flexibility index (Phi) is 52.6. The molecular weight excluding hydrogens is 941 g/mol. The summed E-state index contributed by atoms with van der Waals surface area (Å²) in [6.07, 6.45) is 61.1. The van der Waals surface area contributed by atoms with E-state index in [1.165, 1.54) is 301 Å². The van der Waals surface area contributed by atoms with Crippen LogP contribution in [0.3, 0.4) is 0 Å². The van der Waals surface area contributed by atoms with Gasteiger partial charge in [0.25, 0.3) is 0 Å². The Morgan fingerprint density at radius 3 is 0.800 bits per heavy atom. The van der Waals surface area contributed by atoms with Crippen molar-refractivity contribution in [2.24, 2.45) is 0 Å². The van der Waals surface area contributed by atoms with Gasteiger partial charge in [-0.1, -0.05) is 324 Å². The van der Waals surface area contributed by atoms with Crippen molar-refractivity contribution in [3.8, 4) is 0 Å². The van der Waals surface area contributed by atoms with Gasteiger partial charge >= 0.3 is 25.7 Å². The summed E-state index contributed by atoms with van der Waals surface area (Å²) in [7, 11) is -10.9. The molecule has 0 saturated carbocycles. The molecule has 0 heterocycles. The van der Waals surface area contributed by atoms with Crippen LogP contribution in [-0.2, 0) is 21.5 Å². The van der Waals surface area contributed by atoms with E-state index in [0.29, 0.717) is 0 Å². The van der Waals surface area contributed by atoms with Crippen molar-refractivity contribution < 1.29 is 21.5 Å². The molecule has 0 aromatic heterocycles. The van der Waals surface area contributed by atoms with Crippen LogP contribution in [0.15, 0.2) is 0 Å². The molecule has 5 unspecified atom stereocenters. The van der Waals surface area contributed by atoms with Crippen LogP contribution in [0.25, 0.3) is 0 Å². The molecule has 5 atom stereocenters. The Hall–Kier alpha value is 0.884. The molecule has 0 spiro atoms. The number of hydrogen-bond donors (Lipinski definition) is 0. The van der Waals surface area contributed by atoms with Gasteiger partial charge in [-0.2, -0.15) is 0 Å². The Labute approximate surface area is 449 Å². The topological polar surface area (TPSA) is 46.2 Å². The van der Waals surface area contributed by atoms with Gasteiger partial charge < -0.3 is 12.3 Å². The van der Waals surface area contributed by atoms with Gasteiger partial charge in [-0.05, 0) is 63.0 Å². The van der Waals surface area contributed by atoms with Gasteiger partial charge in [0.1, 0.15) is 0 Å². The van der Waals surface area contributed by atoms with Gasteiger partial charge in [-0.25, -0.2) is 0 Å². The van der Waals surface area contributed by atoms with E-state index < -0.39 is 43.8 Å². The highest BCUT2D eigenvalue weighted by molar-refractivity contribution is 6.87. The molecule has 0 bridgehead atoms. The van der Waals surface area contributed by atoms with E-state index >= 15 is 0 Å². The van der Waals surface area contributed by atoms with Gasteiger partial charge in [-0.15, -0.1) is 0 Å². The first-order valence-electron chi connectivity index (χ1n) is 32.4. The minimum absolute atomic E-state index is 1.01. The first-order chi connectivity index (χ1) is 34.0. The standard InChI is InChI=1S/C60H132O5Si5/c1-11-16-21-26-31-36-41-46-51-56-66(6)61-62-68(8,58-53-48-43-38-33-28-23-18-13-3)64-70(10,60-55-50-45-40-35-30-25-20-15-5)65-69(9,59-54-49-44-39-34-29-24-19-14-4)63-67(7)57-52-47-42-37-32-27-22-17-12-2/h66-67H,11-60H2,1-10H3. The molecule has 0 aliphatic carbocycles. The molecule has 0 rings (SSSR count). The van der Waals surface area contributed by atoms with E-state index in [2.05, 4.69) is 67.4 Å². The average molecular weight is 1070 g/mol. The predicted octanol–water partition coefficient (Wildman–Crippen LogP) is 22.6. The fraction of sp³-hybridized carbons (Fsp3) is 1.00. The molecule has 0 aliphatic rings. The van der Waals surface area contributed by atoms with Crippen LogP contribution in [0.4, 0.5) is 0 Å². The van der Waals surface area contributed by atoms with Crippen LogP contribution in [0, 0.1) is 0 Å². The number of unbranched alkanes of at least 4 members (excludes halogenated alkanes) is 40. The van der Waals surface area contributed by atoms with Gasteiger partial charge in [0.15, 0.2) is 9.04 Å². The average Bonchev–Trinajstić information content (AvgIpc) is 3.33. The molecule has 0 amide bonds. The summed E-state index contributed by atoms with van der Waals surface area (Å²) in [6.45, 7) is 23.7. The highest BCUT2D eigenvalue weighted by atomic mass is 28.5. The Morgan fingerprint density at radius 1 is 0.257 bits per heavy atom. The van der Waals surface area contributed by atoms with Crippen LogP contribution in [0.1, 0.15) is 324 Å². The van der Waals surface area contributed by atoms with Crippen LogP contribution >= 0.6 is 0 Å². The van der Waals surface area contributed by atoms with Crippen LogP contribution in [0.5, 0.6) is 0 Å². The summed E-state index contributed by atoms with van der Waals surface area (Å²) in [5.74, 6) is 0. The van der Waals surface area contributed by atoms with E-state index in [4.69, 9.17) is 21.5 Å². The monoisotopic (exact) mass is 1070 g/mol.